The molecule has 0 radical (unpaired) electrons. The Balaban J connectivity index is 2.34. The lowest BCUT2D eigenvalue weighted by atomic mass is 10.1. The van der Waals surface area contributed by atoms with Crippen LogP contribution in [-0.2, 0) is 18.3 Å². The fraction of sp³-hybridized carbons (Fsp3) is 0.667. The van der Waals surface area contributed by atoms with E-state index in [-0.39, 0.29) is 11.8 Å². The zero-order valence-corrected chi connectivity index (χ0v) is 10.7. The molecule has 5 heteroatoms. The highest BCUT2D eigenvalue weighted by Gasteiger charge is 2.26. The molecule has 1 aromatic rings. The minimum Gasteiger partial charge on any atom is -0.368 e. The number of nitrogens with zero attached hydrogens (tertiary/aromatic N) is 2. The van der Waals surface area contributed by atoms with Crippen LogP contribution in [0.5, 0.6) is 0 Å². The van der Waals surface area contributed by atoms with Crippen LogP contribution in [-0.4, -0.2) is 22.2 Å². The predicted molar refractivity (Wildman–Crippen MR) is 68.1 cm³/mol. The number of anilines is 2. The molecule has 17 heavy (non-hydrogen) atoms. The van der Waals surface area contributed by atoms with E-state index in [4.69, 9.17) is 0 Å². The van der Waals surface area contributed by atoms with Crippen LogP contribution in [0.1, 0.15) is 32.4 Å². The number of hydrogen-bond donors (Lipinski definition) is 2. The summed E-state index contributed by atoms with van der Waals surface area (Å²) in [6.45, 7) is 4.83. The summed E-state index contributed by atoms with van der Waals surface area (Å²) in [5, 5.41) is 10.8. The molecular formula is C12H20N4O. The molecule has 2 rings (SSSR count). The maximum Gasteiger partial charge on any atom is 0.229 e. The maximum atomic E-state index is 12.0. The Morgan fingerprint density at radius 3 is 2.88 bits per heavy atom. The van der Waals surface area contributed by atoms with E-state index in [1.807, 2.05) is 18.7 Å². The summed E-state index contributed by atoms with van der Waals surface area (Å²) < 4.78 is 1.82. The molecule has 0 spiro atoms. The highest BCUT2D eigenvalue weighted by Crippen LogP contribution is 2.30. The molecule has 0 saturated carbocycles. The smallest absolute Gasteiger partial charge is 0.229 e. The largest absolute Gasteiger partial charge is 0.368 e. The lowest BCUT2D eigenvalue weighted by Crippen LogP contribution is -2.25. The third kappa shape index (κ3) is 2.14. The number of aryl methyl sites for hydroxylation is 2. The van der Waals surface area contributed by atoms with Crippen LogP contribution in [0.25, 0.3) is 0 Å². The molecule has 2 N–H and O–H groups in total. The fourth-order valence-electron chi connectivity index (χ4n) is 2.19. The first kappa shape index (κ1) is 12.0. The van der Waals surface area contributed by atoms with Crippen LogP contribution >= 0.6 is 0 Å². The molecule has 1 unspecified atom stereocenters. The van der Waals surface area contributed by atoms with Gasteiger partial charge in [0.1, 0.15) is 11.5 Å². The second-order valence-corrected chi connectivity index (χ2v) is 4.52. The minimum absolute atomic E-state index is 0.0388. The summed E-state index contributed by atoms with van der Waals surface area (Å²) in [5.41, 5.74) is 1.85. The van der Waals surface area contributed by atoms with E-state index in [0.29, 0.717) is 6.54 Å². The van der Waals surface area contributed by atoms with Gasteiger partial charge in [-0.05, 0) is 12.8 Å². The zero-order valence-electron chi connectivity index (χ0n) is 10.7. The first-order valence-corrected chi connectivity index (χ1v) is 6.28. The summed E-state index contributed by atoms with van der Waals surface area (Å²) >= 11 is 0. The van der Waals surface area contributed by atoms with Crippen molar-refractivity contribution in [2.45, 2.75) is 33.1 Å². The van der Waals surface area contributed by atoms with Crippen LogP contribution in [0.2, 0.25) is 0 Å². The van der Waals surface area contributed by atoms with Crippen LogP contribution in [0.3, 0.4) is 0 Å². The highest BCUT2D eigenvalue weighted by molar-refractivity contribution is 5.97. The van der Waals surface area contributed by atoms with E-state index in [1.54, 1.807) is 0 Å². The average molecular weight is 236 g/mol. The molecule has 5 nitrogen and oxygen atoms in total. The van der Waals surface area contributed by atoms with Gasteiger partial charge in [-0.25, -0.2) is 0 Å². The standard InChI is InChI=1S/C12H20N4O/c1-4-6-9-10-11(16(3)15-9)13-7-8(5-2)12(17)14-10/h8,13H,4-7H2,1-3H3,(H,14,17). The quantitative estimate of drug-likeness (QED) is 0.840. The lowest BCUT2D eigenvalue weighted by molar-refractivity contribution is -0.119. The van der Waals surface area contributed by atoms with Crippen LogP contribution in [0.4, 0.5) is 11.5 Å². The number of carbonyl (C=O) groups is 1. The predicted octanol–water partition coefficient (Wildman–Crippen LogP) is 1.76. The van der Waals surface area contributed by atoms with Gasteiger partial charge in [0.2, 0.25) is 5.91 Å². The van der Waals surface area contributed by atoms with E-state index >= 15 is 0 Å². The lowest BCUT2D eigenvalue weighted by Gasteiger charge is -2.10. The molecule has 0 aromatic carbocycles. The first-order chi connectivity index (χ1) is 8.17. The molecule has 1 amide bonds. The van der Waals surface area contributed by atoms with Gasteiger partial charge in [0.05, 0.1) is 11.6 Å². The van der Waals surface area contributed by atoms with Crippen LogP contribution in [0.15, 0.2) is 0 Å². The molecular weight excluding hydrogens is 216 g/mol. The Morgan fingerprint density at radius 1 is 1.47 bits per heavy atom. The summed E-state index contributed by atoms with van der Waals surface area (Å²) in [4.78, 5) is 12.0. The molecule has 1 aliphatic rings. The molecule has 1 aliphatic heterocycles. The minimum atomic E-state index is 0.0388. The molecule has 1 atom stereocenters. The van der Waals surface area contributed by atoms with E-state index in [0.717, 1.165) is 36.5 Å². The normalized spacial score (nSPS) is 19.2. The van der Waals surface area contributed by atoms with Gasteiger partial charge in [-0.2, -0.15) is 5.10 Å². The Hall–Kier alpha value is -1.52. The summed E-state index contributed by atoms with van der Waals surface area (Å²) in [6.07, 6.45) is 2.77. The number of hydrogen-bond acceptors (Lipinski definition) is 3. The Kier molecular flexibility index (Phi) is 3.36. The number of amides is 1. The van der Waals surface area contributed by atoms with Gasteiger partial charge in [-0.3, -0.25) is 9.48 Å². The summed E-state index contributed by atoms with van der Waals surface area (Å²) in [6, 6.07) is 0. The van der Waals surface area contributed by atoms with Crippen molar-refractivity contribution in [3.8, 4) is 0 Å². The van der Waals surface area contributed by atoms with Crippen molar-refractivity contribution in [2.24, 2.45) is 13.0 Å². The second kappa shape index (κ2) is 4.77. The maximum absolute atomic E-state index is 12.0. The first-order valence-electron chi connectivity index (χ1n) is 6.28. The third-order valence-corrected chi connectivity index (χ3v) is 3.23. The van der Waals surface area contributed by atoms with Crippen molar-refractivity contribution in [3.63, 3.8) is 0 Å². The van der Waals surface area contributed by atoms with Crippen molar-refractivity contribution in [3.05, 3.63) is 5.69 Å². The van der Waals surface area contributed by atoms with E-state index < -0.39 is 0 Å². The Labute approximate surface area is 102 Å². The number of aromatic nitrogens is 2. The molecule has 0 saturated heterocycles. The van der Waals surface area contributed by atoms with Gasteiger partial charge in [0, 0.05) is 13.6 Å². The fourth-order valence-corrected chi connectivity index (χ4v) is 2.19. The molecule has 94 valence electrons. The van der Waals surface area contributed by atoms with E-state index in [2.05, 4.69) is 22.7 Å². The van der Waals surface area contributed by atoms with Gasteiger partial charge in [0.15, 0.2) is 0 Å². The molecule has 1 aromatic heterocycles. The van der Waals surface area contributed by atoms with Gasteiger partial charge < -0.3 is 10.6 Å². The van der Waals surface area contributed by atoms with Crippen LogP contribution < -0.4 is 10.6 Å². The molecule has 0 bridgehead atoms. The van der Waals surface area contributed by atoms with Crippen molar-refractivity contribution in [1.29, 1.82) is 0 Å². The summed E-state index contributed by atoms with van der Waals surface area (Å²) in [5.74, 6) is 1.07. The van der Waals surface area contributed by atoms with E-state index in [9.17, 15) is 4.79 Å². The number of nitrogens with one attached hydrogen (secondary N) is 2. The number of fused-ring (bicyclic) bond motifs is 1. The monoisotopic (exact) mass is 236 g/mol. The molecule has 2 heterocycles. The van der Waals surface area contributed by atoms with Crippen LogP contribution in [0, 0.1) is 5.92 Å². The van der Waals surface area contributed by atoms with Crippen molar-refractivity contribution < 1.29 is 4.79 Å². The molecule has 0 aliphatic carbocycles. The van der Waals surface area contributed by atoms with Crippen molar-refractivity contribution in [1.82, 2.24) is 9.78 Å². The van der Waals surface area contributed by atoms with Gasteiger partial charge in [-0.1, -0.05) is 20.3 Å². The zero-order chi connectivity index (χ0) is 12.4. The SMILES string of the molecule is CCCc1nn(C)c2c1NC(=O)C(CC)CN2. The van der Waals surface area contributed by atoms with Crippen molar-refractivity contribution in [2.75, 3.05) is 17.2 Å². The Bertz CT molecular complexity index is 424. The topological polar surface area (TPSA) is 59.0 Å². The number of carbonyl (C=O) groups excluding carboxylic acids is 1. The van der Waals surface area contributed by atoms with Gasteiger partial charge in [0.25, 0.3) is 0 Å². The van der Waals surface area contributed by atoms with Gasteiger partial charge >= 0.3 is 0 Å². The van der Waals surface area contributed by atoms with E-state index in [1.165, 1.54) is 0 Å². The third-order valence-electron chi connectivity index (χ3n) is 3.23. The molecule has 0 fully saturated rings. The average Bonchev–Trinajstić information content (AvgIpc) is 2.49. The summed E-state index contributed by atoms with van der Waals surface area (Å²) in [7, 11) is 1.91. The van der Waals surface area contributed by atoms with Gasteiger partial charge in [-0.15, -0.1) is 0 Å². The Morgan fingerprint density at radius 2 is 2.24 bits per heavy atom. The van der Waals surface area contributed by atoms with Crippen molar-refractivity contribution >= 4 is 17.4 Å². The highest BCUT2D eigenvalue weighted by atomic mass is 16.2. The second-order valence-electron chi connectivity index (χ2n) is 4.52. The number of rotatable bonds is 3.